The standard InChI is InChI=1S/C16H25BrN2O2/c1-2-15(18)12-13-11-14(17)3-4-16(13)21-10-7-19-5-8-20-9-6-19/h3-4,11,15H,2,5-10,12,18H2,1H3. The molecule has 1 heterocycles. The van der Waals surface area contributed by atoms with Gasteiger partial charge in [0.15, 0.2) is 0 Å². The molecule has 1 aromatic carbocycles. The third-order valence-electron chi connectivity index (χ3n) is 3.80. The molecule has 5 heteroatoms. The highest BCUT2D eigenvalue weighted by Gasteiger charge is 2.12. The van der Waals surface area contributed by atoms with Gasteiger partial charge in [-0.1, -0.05) is 22.9 Å². The van der Waals surface area contributed by atoms with Gasteiger partial charge in [0.2, 0.25) is 0 Å². The molecule has 1 fully saturated rings. The van der Waals surface area contributed by atoms with Crippen LogP contribution in [0.15, 0.2) is 22.7 Å². The molecule has 1 atom stereocenters. The Kier molecular flexibility index (Phi) is 6.96. The first kappa shape index (κ1) is 16.7. The van der Waals surface area contributed by atoms with E-state index in [4.69, 9.17) is 15.2 Å². The fraction of sp³-hybridized carbons (Fsp3) is 0.625. The fourth-order valence-electron chi connectivity index (χ4n) is 2.38. The first-order valence-electron chi connectivity index (χ1n) is 7.66. The van der Waals surface area contributed by atoms with Gasteiger partial charge in [0.1, 0.15) is 12.4 Å². The minimum Gasteiger partial charge on any atom is -0.492 e. The molecule has 0 spiro atoms. The van der Waals surface area contributed by atoms with Crippen molar-refractivity contribution >= 4 is 15.9 Å². The lowest BCUT2D eigenvalue weighted by Gasteiger charge is -2.26. The summed E-state index contributed by atoms with van der Waals surface area (Å²) < 4.78 is 12.4. The number of morpholine rings is 1. The Labute approximate surface area is 135 Å². The van der Waals surface area contributed by atoms with E-state index >= 15 is 0 Å². The summed E-state index contributed by atoms with van der Waals surface area (Å²) in [6, 6.07) is 6.34. The van der Waals surface area contributed by atoms with Crippen molar-refractivity contribution in [1.82, 2.24) is 4.90 Å². The number of rotatable bonds is 7. The van der Waals surface area contributed by atoms with Crippen molar-refractivity contribution in [3.63, 3.8) is 0 Å². The maximum absolute atomic E-state index is 6.08. The van der Waals surface area contributed by atoms with E-state index in [2.05, 4.69) is 33.8 Å². The van der Waals surface area contributed by atoms with Crippen LogP contribution in [-0.2, 0) is 11.2 Å². The number of halogens is 1. The Hall–Kier alpha value is -0.620. The average molecular weight is 357 g/mol. The lowest BCUT2D eigenvalue weighted by atomic mass is 10.0. The minimum absolute atomic E-state index is 0.181. The second kappa shape index (κ2) is 8.73. The number of nitrogens with zero attached hydrogens (tertiary/aromatic N) is 1. The number of benzene rings is 1. The molecule has 4 nitrogen and oxygen atoms in total. The van der Waals surface area contributed by atoms with Crippen LogP contribution in [-0.4, -0.2) is 50.4 Å². The summed E-state index contributed by atoms with van der Waals surface area (Å²) in [5.41, 5.74) is 7.26. The molecule has 0 aromatic heterocycles. The summed E-state index contributed by atoms with van der Waals surface area (Å²) in [6.07, 6.45) is 1.82. The molecule has 118 valence electrons. The molecular weight excluding hydrogens is 332 g/mol. The largest absolute Gasteiger partial charge is 0.492 e. The highest BCUT2D eigenvalue weighted by molar-refractivity contribution is 9.10. The van der Waals surface area contributed by atoms with E-state index in [1.54, 1.807) is 0 Å². The van der Waals surface area contributed by atoms with Gasteiger partial charge in [0.25, 0.3) is 0 Å². The molecule has 0 amide bonds. The van der Waals surface area contributed by atoms with Gasteiger partial charge in [-0.05, 0) is 36.6 Å². The van der Waals surface area contributed by atoms with Gasteiger partial charge in [-0.2, -0.15) is 0 Å². The first-order chi connectivity index (χ1) is 10.2. The second-order valence-electron chi connectivity index (χ2n) is 5.43. The van der Waals surface area contributed by atoms with E-state index < -0.39 is 0 Å². The van der Waals surface area contributed by atoms with Crippen molar-refractivity contribution in [3.05, 3.63) is 28.2 Å². The van der Waals surface area contributed by atoms with Crippen LogP contribution in [0.3, 0.4) is 0 Å². The summed E-state index contributed by atoms with van der Waals surface area (Å²) >= 11 is 3.52. The van der Waals surface area contributed by atoms with Crippen LogP contribution >= 0.6 is 15.9 Å². The summed E-state index contributed by atoms with van der Waals surface area (Å²) in [5.74, 6) is 0.954. The Balaban J connectivity index is 1.88. The number of hydrogen-bond donors (Lipinski definition) is 1. The number of ether oxygens (including phenoxy) is 2. The molecule has 1 unspecified atom stereocenters. The quantitative estimate of drug-likeness (QED) is 0.814. The Morgan fingerprint density at radius 1 is 1.38 bits per heavy atom. The minimum atomic E-state index is 0.181. The van der Waals surface area contributed by atoms with Crippen LogP contribution in [0, 0.1) is 0 Å². The highest BCUT2D eigenvalue weighted by atomic mass is 79.9. The van der Waals surface area contributed by atoms with Crippen LogP contribution in [0.4, 0.5) is 0 Å². The van der Waals surface area contributed by atoms with Crippen molar-refractivity contribution in [3.8, 4) is 5.75 Å². The van der Waals surface area contributed by atoms with Gasteiger partial charge in [-0.15, -0.1) is 0 Å². The van der Waals surface area contributed by atoms with Crippen molar-refractivity contribution < 1.29 is 9.47 Å². The Morgan fingerprint density at radius 2 is 2.14 bits per heavy atom. The van der Waals surface area contributed by atoms with Crippen LogP contribution in [0.2, 0.25) is 0 Å². The molecule has 0 aliphatic carbocycles. The third kappa shape index (κ3) is 5.58. The van der Waals surface area contributed by atoms with Crippen molar-refractivity contribution in [2.75, 3.05) is 39.5 Å². The Bertz CT molecular complexity index is 436. The van der Waals surface area contributed by atoms with Crippen LogP contribution in [0.1, 0.15) is 18.9 Å². The summed E-state index contributed by atoms with van der Waals surface area (Å²) in [7, 11) is 0. The van der Waals surface area contributed by atoms with Crippen LogP contribution in [0.5, 0.6) is 5.75 Å². The van der Waals surface area contributed by atoms with E-state index in [-0.39, 0.29) is 6.04 Å². The van der Waals surface area contributed by atoms with Gasteiger partial charge >= 0.3 is 0 Å². The van der Waals surface area contributed by atoms with E-state index in [9.17, 15) is 0 Å². The zero-order valence-electron chi connectivity index (χ0n) is 12.7. The smallest absolute Gasteiger partial charge is 0.122 e. The molecule has 2 rings (SSSR count). The highest BCUT2D eigenvalue weighted by Crippen LogP contribution is 2.24. The fourth-order valence-corrected chi connectivity index (χ4v) is 2.79. The molecule has 0 radical (unpaired) electrons. The summed E-state index contributed by atoms with van der Waals surface area (Å²) in [6.45, 7) is 7.41. The number of hydrogen-bond acceptors (Lipinski definition) is 4. The predicted octanol–water partition coefficient (Wildman–Crippen LogP) is 2.44. The SMILES string of the molecule is CCC(N)Cc1cc(Br)ccc1OCCN1CCOCC1. The molecule has 1 aromatic rings. The van der Waals surface area contributed by atoms with Gasteiger partial charge in [-0.3, -0.25) is 4.90 Å². The Morgan fingerprint density at radius 3 is 2.86 bits per heavy atom. The molecule has 1 aliphatic rings. The van der Waals surface area contributed by atoms with Gasteiger partial charge in [-0.25, -0.2) is 0 Å². The maximum Gasteiger partial charge on any atom is 0.122 e. The predicted molar refractivity (Wildman–Crippen MR) is 88.9 cm³/mol. The molecule has 21 heavy (non-hydrogen) atoms. The zero-order valence-corrected chi connectivity index (χ0v) is 14.3. The van der Waals surface area contributed by atoms with Gasteiger partial charge in [0.05, 0.1) is 13.2 Å². The lowest BCUT2D eigenvalue weighted by molar-refractivity contribution is 0.0322. The lowest BCUT2D eigenvalue weighted by Crippen LogP contribution is -2.38. The monoisotopic (exact) mass is 356 g/mol. The van der Waals surface area contributed by atoms with E-state index in [0.29, 0.717) is 6.61 Å². The molecular formula is C16H25BrN2O2. The van der Waals surface area contributed by atoms with E-state index in [1.165, 1.54) is 5.56 Å². The van der Waals surface area contributed by atoms with Crippen LogP contribution < -0.4 is 10.5 Å². The van der Waals surface area contributed by atoms with E-state index in [0.717, 1.165) is 55.9 Å². The van der Waals surface area contributed by atoms with Crippen LogP contribution in [0.25, 0.3) is 0 Å². The molecule has 2 N–H and O–H groups in total. The molecule has 1 aliphatic heterocycles. The molecule has 0 saturated carbocycles. The maximum atomic E-state index is 6.08. The topological polar surface area (TPSA) is 47.7 Å². The average Bonchev–Trinajstić information content (AvgIpc) is 2.50. The second-order valence-corrected chi connectivity index (χ2v) is 6.34. The third-order valence-corrected chi connectivity index (χ3v) is 4.29. The van der Waals surface area contributed by atoms with Gasteiger partial charge < -0.3 is 15.2 Å². The zero-order chi connectivity index (χ0) is 15.1. The molecule has 0 bridgehead atoms. The molecule has 1 saturated heterocycles. The van der Waals surface area contributed by atoms with Crippen molar-refractivity contribution in [2.45, 2.75) is 25.8 Å². The van der Waals surface area contributed by atoms with E-state index in [1.807, 2.05) is 12.1 Å². The summed E-state index contributed by atoms with van der Waals surface area (Å²) in [5, 5.41) is 0. The van der Waals surface area contributed by atoms with Gasteiger partial charge in [0, 0.05) is 30.1 Å². The van der Waals surface area contributed by atoms with Crippen molar-refractivity contribution in [2.24, 2.45) is 5.73 Å². The normalized spacial score (nSPS) is 17.7. The van der Waals surface area contributed by atoms with Crippen molar-refractivity contribution in [1.29, 1.82) is 0 Å². The first-order valence-corrected chi connectivity index (χ1v) is 8.45. The summed E-state index contributed by atoms with van der Waals surface area (Å²) in [4.78, 5) is 2.37. The number of nitrogens with two attached hydrogens (primary N) is 1.